The van der Waals surface area contributed by atoms with Crippen molar-refractivity contribution in [2.75, 3.05) is 71.7 Å². The van der Waals surface area contributed by atoms with Crippen LogP contribution in [0, 0.1) is 5.92 Å². The number of nitrogens with one attached hydrogen (secondary N) is 5. The molecule has 0 aliphatic rings. The maximum absolute atomic E-state index is 12.1. The number of ketones is 1. The number of nitrogens with two attached hydrogens (primary N) is 2. The number of hydrazine groups is 1. The Bertz CT molecular complexity index is 1120. The van der Waals surface area contributed by atoms with Crippen molar-refractivity contribution in [2.24, 2.45) is 22.7 Å². The van der Waals surface area contributed by atoms with Crippen LogP contribution in [0.2, 0.25) is 0 Å². The number of amides is 4. The summed E-state index contributed by atoms with van der Waals surface area (Å²) in [6.07, 6.45) is 19.1. The molecule has 0 aromatic heterocycles. The van der Waals surface area contributed by atoms with Crippen molar-refractivity contribution in [3.8, 4) is 0 Å². The van der Waals surface area contributed by atoms with Crippen LogP contribution in [0.25, 0.3) is 0 Å². The smallest absolute Gasteiger partial charge is 0.246 e. The third kappa shape index (κ3) is 36.5. The maximum atomic E-state index is 12.1. The highest BCUT2D eigenvalue weighted by molar-refractivity contribution is 7.97. The minimum absolute atomic E-state index is 0.00687. The van der Waals surface area contributed by atoms with Gasteiger partial charge in [0.05, 0.1) is 45.7 Å². The van der Waals surface area contributed by atoms with Gasteiger partial charge >= 0.3 is 0 Å². The van der Waals surface area contributed by atoms with Gasteiger partial charge < -0.3 is 50.9 Å². The highest BCUT2D eigenvalue weighted by atomic mass is 32.2. The van der Waals surface area contributed by atoms with Gasteiger partial charge in [0, 0.05) is 44.5 Å². The standard InChI is InChI=1S/C41H80N8O9S/c1-4-34(3)41(35(50)5-2)46-40(54)33-58-30-28-56-26-24-45-39(53)32-57-29-27-55-25-23-44-37(51)22-19-31-59-49-38(52)21-18-16-14-12-10-8-6-7-9-11-13-15-17-20-36(47-42)48-43/h34,41H,4-33,42-43H2,1-3H3,(H,44,51)(H,45,53)(H,46,54)(H,47,48)(H,49,52)/t34-,41-/m0/s1. The minimum atomic E-state index is -0.500. The number of nitrogens with zero attached hydrogens (tertiary/aromatic N) is 1. The van der Waals surface area contributed by atoms with E-state index in [1.54, 1.807) is 6.92 Å². The van der Waals surface area contributed by atoms with Crippen molar-refractivity contribution in [1.29, 1.82) is 0 Å². The Hall–Kier alpha value is -3.03. The van der Waals surface area contributed by atoms with Crippen molar-refractivity contribution in [1.82, 2.24) is 26.1 Å². The Morgan fingerprint density at radius 3 is 1.58 bits per heavy atom. The number of rotatable bonds is 42. The first-order valence-electron chi connectivity index (χ1n) is 22.0. The molecule has 18 heteroatoms. The zero-order chi connectivity index (χ0) is 43.6. The summed E-state index contributed by atoms with van der Waals surface area (Å²) in [4.78, 5) is 60.2. The van der Waals surface area contributed by atoms with Crippen molar-refractivity contribution in [3.63, 3.8) is 0 Å². The SMILES string of the molecule is CCC(=O)[C@@H](NC(=O)COCCOCCNC(=O)COCCOCCNC(=O)CCCSNC(=O)CCCCCCCCCCCCCCC/C(=N/N)NN)[C@@H](C)CC. The second-order valence-corrected chi connectivity index (χ2v) is 15.5. The van der Waals surface area contributed by atoms with Crippen LogP contribution in [0.3, 0.4) is 0 Å². The number of Topliss-reactive ketones (excluding diaryl/α,β-unsaturated/α-hetero) is 1. The molecule has 0 saturated heterocycles. The fourth-order valence-electron chi connectivity index (χ4n) is 5.83. The van der Waals surface area contributed by atoms with Crippen LogP contribution in [0.15, 0.2) is 5.10 Å². The van der Waals surface area contributed by atoms with Crippen LogP contribution in [-0.4, -0.2) is 113 Å². The second kappa shape index (κ2) is 41.7. The monoisotopic (exact) mass is 861 g/mol. The maximum Gasteiger partial charge on any atom is 0.246 e. The molecule has 0 saturated carbocycles. The van der Waals surface area contributed by atoms with E-state index in [-0.39, 0.29) is 75.0 Å². The van der Waals surface area contributed by atoms with Gasteiger partial charge in [-0.05, 0) is 25.2 Å². The third-order valence-electron chi connectivity index (χ3n) is 9.55. The van der Waals surface area contributed by atoms with Crippen LogP contribution < -0.4 is 37.8 Å². The van der Waals surface area contributed by atoms with Gasteiger partial charge in [-0.25, -0.2) is 5.84 Å². The molecule has 0 radical (unpaired) electrons. The second-order valence-electron chi connectivity index (χ2n) is 14.6. The minimum Gasteiger partial charge on any atom is -0.377 e. The van der Waals surface area contributed by atoms with E-state index in [4.69, 9.17) is 30.6 Å². The first-order chi connectivity index (χ1) is 28.7. The normalized spacial score (nSPS) is 12.4. The number of hydrazone groups is 1. The largest absolute Gasteiger partial charge is 0.377 e. The molecule has 0 unspecified atom stereocenters. The average molecular weight is 861 g/mol. The zero-order valence-electron chi connectivity index (χ0n) is 36.6. The number of unbranched alkanes of at least 4 members (excludes halogenated alkanes) is 12. The summed E-state index contributed by atoms with van der Waals surface area (Å²) in [7, 11) is 0. The average Bonchev–Trinajstić information content (AvgIpc) is 3.23. The van der Waals surface area contributed by atoms with E-state index in [0.717, 1.165) is 32.1 Å². The third-order valence-corrected chi connectivity index (χ3v) is 10.4. The summed E-state index contributed by atoms with van der Waals surface area (Å²) < 4.78 is 24.4. The summed E-state index contributed by atoms with van der Waals surface area (Å²) in [6.45, 7) is 7.71. The van der Waals surface area contributed by atoms with E-state index < -0.39 is 6.04 Å². The zero-order valence-corrected chi connectivity index (χ0v) is 37.4. The van der Waals surface area contributed by atoms with Gasteiger partial charge in [-0.2, -0.15) is 5.10 Å². The summed E-state index contributed by atoms with van der Waals surface area (Å²) in [5.74, 6) is 11.3. The lowest BCUT2D eigenvalue weighted by Gasteiger charge is -2.22. The molecule has 17 nitrogen and oxygen atoms in total. The Balaban J connectivity index is 3.48. The molecule has 344 valence electrons. The molecule has 0 heterocycles. The molecule has 4 amide bonds. The van der Waals surface area contributed by atoms with E-state index in [1.807, 2.05) is 13.8 Å². The molecule has 0 aromatic rings. The Labute approximate surface area is 358 Å². The molecule has 0 fully saturated rings. The fourth-order valence-corrected chi connectivity index (χ4v) is 6.48. The van der Waals surface area contributed by atoms with E-state index >= 15 is 0 Å². The number of ether oxygens (including phenoxy) is 4. The van der Waals surface area contributed by atoms with Gasteiger partial charge in [-0.15, -0.1) is 0 Å². The van der Waals surface area contributed by atoms with Crippen LogP contribution in [0.5, 0.6) is 0 Å². The van der Waals surface area contributed by atoms with Gasteiger partial charge in [-0.1, -0.05) is 110 Å². The van der Waals surface area contributed by atoms with Crippen molar-refractivity contribution in [2.45, 2.75) is 149 Å². The fraction of sp³-hybridized carbons (Fsp3) is 0.854. The van der Waals surface area contributed by atoms with Crippen LogP contribution in [0.1, 0.15) is 143 Å². The van der Waals surface area contributed by atoms with Gasteiger partial charge in [0.15, 0.2) is 5.78 Å². The summed E-state index contributed by atoms with van der Waals surface area (Å²) in [5.41, 5.74) is 2.52. The predicted molar refractivity (Wildman–Crippen MR) is 234 cm³/mol. The molecular weight excluding hydrogens is 781 g/mol. The van der Waals surface area contributed by atoms with Crippen LogP contribution in [-0.2, 0) is 42.9 Å². The Kier molecular flexibility index (Phi) is 39.6. The first-order valence-corrected chi connectivity index (χ1v) is 23.0. The number of carbonyl (C=O) groups excluding carboxylic acids is 5. The molecule has 0 aromatic carbocycles. The van der Waals surface area contributed by atoms with Crippen molar-refractivity contribution in [3.05, 3.63) is 0 Å². The number of hydrogen-bond acceptors (Lipinski definition) is 13. The molecule has 0 aliphatic heterocycles. The number of hydrogen-bond donors (Lipinski definition) is 7. The highest BCUT2D eigenvalue weighted by Crippen LogP contribution is 2.14. The molecular formula is C41H80N8O9S. The van der Waals surface area contributed by atoms with Gasteiger partial charge in [0.2, 0.25) is 23.6 Å². The quantitative estimate of drug-likeness (QED) is 0.0115. The number of carbonyl (C=O) groups is 5. The lowest BCUT2D eigenvalue weighted by atomic mass is 9.94. The highest BCUT2D eigenvalue weighted by Gasteiger charge is 2.24. The van der Waals surface area contributed by atoms with Crippen LogP contribution >= 0.6 is 11.9 Å². The summed E-state index contributed by atoms with van der Waals surface area (Å²) >= 11 is 1.35. The summed E-state index contributed by atoms with van der Waals surface area (Å²) in [5, 5.41) is 11.9. The van der Waals surface area contributed by atoms with E-state index in [9.17, 15) is 24.0 Å². The lowest BCUT2D eigenvalue weighted by molar-refractivity contribution is -0.132. The summed E-state index contributed by atoms with van der Waals surface area (Å²) in [6, 6.07) is -0.500. The molecule has 9 N–H and O–H groups in total. The first kappa shape index (κ1) is 56.0. The van der Waals surface area contributed by atoms with Crippen LogP contribution in [0.4, 0.5) is 0 Å². The molecule has 0 spiro atoms. The molecule has 0 rings (SSSR count). The van der Waals surface area contributed by atoms with E-state index in [2.05, 4.69) is 31.2 Å². The molecule has 0 aliphatic carbocycles. The molecule has 0 bridgehead atoms. The lowest BCUT2D eigenvalue weighted by Crippen LogP contribution is -2.46. The van der Waals surface area contributed by atoms with Gasteiger partial charge in [0.25, 0.3) is 0 Å². The van der Waals surface area contributed by atoms with Gasteiger partial charge in [-0.3, -0.25) is 24.0 Å². The van der Waals surface area contributed by atoms with E-state index in [1.165, 1.54) is 76.2 Å². The van der Waals surface area contributed by atoms with Gasteiger partial charge in [0.1, 0.15) is 19.0 Å². The van der Waals surface area contributed by atoms with E-state index in [0.29, 0.717) is 63.6 Å². The Morgan fingerprint density at radius 2 is 1.07 bits per heavy atom. The van der Waals surface area contributed by atoms with Crippen molar-refractivity contribution < 1.29 is 42.9 Å². The number of amidine groups is 1. The predicted octanol–water partition coefficient (Wildman–Crippen LogP) is 3.93. The molecule has 2 atom stereocenters. The Morgan fingerprint density at radius 1 is 0.593 bits per heavy atom. The topological polar surface area (TPSA) is 247 Å². The van der Waals surface area contributed by atoms with Crippen molar-refractivity contribution >= 4 is 47.2 Å². The molecule has 59 heavy (non-hydrogen) atoms.